The molecular formula is C17H20BrNO. The molecule has 0 aliphatic carbocycles. The summed E-state index contributed by atoms with van der Waals surface area (Å²) in [5.74, 6) is 0.955. The molecule has 0 saturated heterocycles. The Balaban J connectivity index is 2.09. The van der Waals surface area contributed by atoms with Crippen LogP contribution >= 0.6 is 15.9 Å². The van der Waals surface area contributed by atoms with E-state index in [-0.39, 0.29) is 0 Å². The zero-order chi connectivity index (χ0) is 14.4. The number of hydrogen-bond donors (Lipinski definition) is 1. The number of hydrogen-bond acceptors (Lipinski definition) is 2. The summed E-state index contributed by atoms with van der Waals surface area (Å²) >= 11 is 3.52. The molecule has 0 amide bonds. The Labute approximate surface area is 129 Å². The predicted octanol–water partition coefficient (Wildman–Crippen LogP) is 4.35. The van der Waals surface area contributed by atoms with Gasteiger partial charge in [0.25, 0.3) is 0 Å². The molecule has 2 aromatic carbocycles. The molecule has 0 aromatic heterocycles. The average Bonchev–Trinajstić information content (AvgIpc) is 2.49. The van der Waals surface area contributed by atoms with Gasteiger partial charge in [0, 0.05) is 10.5 Å². The van der Waals surface area contributed by atoms with Crippen molar-refractivity contribution in [2.45, 2.75) is 18.9 Å². The molecule has 2 nitrogen and oxygen atoms in total. The van der Waals surface area contributed by atoms with Crippen molar-refractivity contribution < 1.29 is 4.74 Å². The Morgan fingerprint density at radius 2 is 1.90 bits per heavy atom. The molecule has 20 heavy (non-hydrogen) atoms. The molecule has 1 atom stereocenters. The Hall–Kier alpha value is -1.32. The lowest BCUT2D eigenvalue weighted by Crippen LogP contribution is -2.17. The van der Waals surface area contributed by atoms with E-state index >= 15 is 0 Å². The molecular weight excluding hydrogens is 314 g/mol. The number of ether oxygens (including phenoxy) is 1. The summed E-state index contributed by atoms with van der Waals surface area (Å²) < 4.78 is 6.52. The van der Waals surface area contributed by atoms with E-state index in [1.54, 1.807) is 7.11 Å². The smallest absolute Gasteiger partial charge is 0.122 e. The normalized spacial score (nSPS) is 12.2. The van der Waals surface area contributed by atoms with Crippen molar-refractivity contribution >= 4 is 15.9 Å². The van der Waals surface area contributed by atoms with Crippen LogP contribution in [0, 0.1) is 0 Å². The van der Waals surface area contributed by atoms with Gasteiger partial charge in [-0.3, -0.25) is 0 Å². The zero-order valence-electron chi connectivity index (χ0n) is 11.9. The van der Waals surface area contributed by atoms with Crippen LogP contribution in [0.15, 0.2) is 53.0 Å². The highest BCUT2D eigenvalue weighted by atomic mass is 79.9. The maximum Gasteiger partial charge on any atom is 0.122 e. The Bertz CT molecular complexity index is 542. The number of halogens is 1. The molecule has 2 aromatic rings. The molecule has 2 rings (SSSR count). The Morgan fingerprint density at radius 1 is 1.15 bits per heavy atom. The highest BCUT2D eigenvalue weighted by Gasteiger charge is 2.11. The number of methoxy groups -OCH3 is 1. The minimum Gasteiger partial charge on any atom is -0.496 e. The van der Waals surface area contributed by atoms with Gasteiger partial charge >= 0.3 is 0 Å². The predicted molar refractivity (Wildman–Crippen MR) is 87.3 cm³/mol. The van der Waals surface area contributed by atoms with E-state index in [1.165, 1.54) is 11.1 Å². The lowest BCUT2D eigenvalue weighted by Gasteiger charge is -2.17. The van der Waals surface area contributed by atoms with Crippen LogP contribution in [-0.2, 0) is 6.42 Å². The lowest BCUT2D eigenvalue weighted by atomic mass is 9.99. The first-order chi connectivity index (χ1) is 9.74. The van der Waals surface area contributed by atoms with Gasteiger partial charge in [-0.1, -0.05) is 46.3 Å². The first kappa shape index (κ1) is 15.1. The quantitative estimate of drug-likeness (QED) is 0.848. The van der Waals surface area contributed by atoms with Gasteiger partial charge in [0.1, 0.15) is 5.75 Å². The van der Waals surface area contributed by atoms with Gasteiger partial charge in [-0.2, -0.15) is 0 Å². The van der Waals surface area contributed by atoms with E-state index in [0.717, 1.165) is 23.1 Å². The van der Waals surface area contributed by atoms with Gasteiger partial charge in [0.2, 0.25) is 0 Å². The van der Waals surface area contributed by atoms with Crippen LogP contribution in [0.1, 0.15) is 23.6 Å². The lowest BCUT2D eigenvalue weighted by molar-refractivity contribution is 0.407. The molecule has 1 unspecified atom stereocenters. The highest BCUT2D eigenvalue weighted by Crippen LogP contribution is 2.26. The van der Waals surface area contributed by atoms with Crippen molar-refractivity contribution in [1.29, 1.82) is 0 Å². The summed E-state index contributed by atoms with van der Waals surface area (Å²) in [5, 5.41) is 3.39. The van der Waals surface area contributed by atoms with Gasteiger partial charge in [0.15, 0.2) is 0 Å². The van der Waals surface area contributed by atoms with Crippen LogP contribution in [0.4, 0.5) is 0 Å². The topological polar surface area (TPSA) is 21.3 Å². The third-order valence-corrected chi connectivity index (χ3v) is 3.99. The number of rotatable bonds is 6. The second kappa shape index (κ2) is 7.46. The minimum absolute atomic E-state index is 0.361. The molecule has 0 radical (unpaired) electrons. The van der Waals surface area contributed by atoms with Crippen molar-refractivity contribution in [3.05, 3.63) is 64.1 Å². The first-order valence-electron chi connectivity index (χ1n) is 6.79. The van der Waals surface area contributed by atoms with Crippen molar-refractivity contribution in [3.63, 3.8) is 0 Å². The average molecular weight is 334 g/mol. The molecule has 106 valence electrons. The maximum absolute atomic E-state index is 5.43. The number of nitrogens with one attached hydrogen (secondary N) is 1. The number of benzene rings is 2. The molecule has 0 aliphatic rings. The van der Waals surface area contributed by atoms with Crippen molar-refractivity contribution in [2.75, 3.05) is 14.2 Å². The molecule has 3 heteroatoms. The first-order valence-corrected chi connectivity index (χ1v) is 7.58. The van der Waals surface area contributed by atoms with Crippen molar-refractivity contribution in [1.82, 2.24) is 5.32 Å². The van der Waals surface area contributed by atoms with Crippen molar-refractivity contribution in [2.24, 2.45) is 0 Å². The van der Waals surface area contributed by atoms with E-state index in [4.69, 9.17) is 4.74 Å². The SMILES string of the molecule is CNC(CCc1cc(Br)ccc1OC)c1ccccc1. The fraction of sp³-hybridized carbons (Fsp3) is 0.294. The number of aryl methyl sites for hydroxylation is 1. The van der Waals surface area contributed by atoms with E-state index < -0.39 is 0 Å². The van der Waals surface area contributed by atoms with E-state index in [2.05, 4.69) is 51.6 Å². The van der Waals surface area contributed by atoms with E-state index in [1.807, 2.05) is 25.2 Å². The van der Waals surface area contributed by atoms with Crippen LogP contribution < -0.4 is 10.1 Å². The minimum atomic E-state index is 0.361. The molecule has 0 aliphatic heterocycles. The third kappa shape index (κ3) is 3.84. The summed E-state index contributed by atoms with van der Waals surface area (Å²) in [6.45, 7) is 0. The third-order valence-electron chi connectivity index (χ3n) is 3.50. The van der Waals surface area contributed by atoms with Gasteiger partial charge < -0.3 is 10.1 Å². The largest absolute Gasteiger partial charge is 0.496 e. The summed E-state index contributed by atoms with van der Waals surface area (Å²) in [7, 11) is 3.73. The van der Waals surface area contributed by atoms with Gasteiger partial charge in [-0.05, 0) is 49.2 Å². The second-order valence-corrected chi connectivity index (χ2v) is 5.66. The van der Waals surface area contributed by atoms with Crippen LogP contribution in [0.5, 0.6) is 5.75 Å². The zero-order valence-corrected chi connectivity index (χ0v) is 13.5. The van der Waals surface area contributed by atoms with Crippen LogP contribution in [0.3, 0.4) is 0 Å². The van der Waals surface area contributed by atoms with E-state index in [9.17, 15) is 0 Å². The summed E-state index contributed by atoms with van der Waals surface area (Å²) in [6.07, 6.45) is 2.01. The molecule has 0 spiro atoms. The highest BCUT2D eigenvalue weighted by molar-refractivity contribution is 9.10. The van der Waals surface area contributed by atoms with Crippen LogP contribution in [-0.4, -0.2) is 14.2 Å². The molecule has 0 bridgehead atoms. The maximum atomic E-state index is 5.43. The fourth-order valence-corrected chi connectivity index (χ4v) is 2.81. The monoisotopic (exact) mass is 333 g/mol. The molecule has 0 fully saturated rings. The Kier molecular flexibility index (Phi) is 5.62. The summed E-state index contributed by atoms with van der Waals surface area (Å²) in [6, 6.07) is 17.1. The van der Waals surface area contributed by atoms with Gasteiger partial charge in [-0.15, -0.1) is 0 Å². The Morgan fingerprint density at radius 3 is 2.55 bits per heavy atom. The summed E-state index contributed by atoms with van der Waals surface area (Å²) in [5.41, 5.74) is 2.56. The second-order valence-electron chi connectivity index (χ2n) is 4.75. The molecule has 0 heterocycles. The fourth-order valence-electron chi connectivity index (χ4n) is 2.41. The van der Waals surface area contributed by atoms with Gasteiger partial charge in [0.05, 0.1) is 7.11 Å². The van der Waals surface area contributed by atoms with E-state index in [0.29, 0.717) is 6.04 Å². The standard InChI is InChI=1S/C17H20BrNO/c1-19-16(13-6-4-3-5-7-13)10-8-14-12-15(18)9-11-17(14)20-2/h3-7,9,11-12,16,19H,8,10H2,1-2H3. The van der Waals surface area contributed by atoms with Gasteiger partial charge in [-0.25, -0.2) is 0 Å². The molecule has 0 saturated carbocycles. The summed E-state index contributed by atoms with van der Waals surface area (Å²) in [4.78, 5) is 0. The van der Waals surface area contributed by atoms with Crippen LogP contribution in [0.2, 0.25) is 0 Å². The van der Waals surface area contributed by atoms with Crippen LogP contribution in [0.25, 0.3) is 0 Å². The molecule has 1 N–H and O–H groups in total. The van der Waals surface area contributed by atoms with Crippen molar-refractivity contribution in [3.8, 4) is 5.75 Å².